The van der Waals surface area contributed by atoms with Crippen LogP contribution in [0.15, 0.2) is 42.5 Å². The summed E-state index contributed by atoms with van der Waals surface area (Å²) in [4.78, 5) is 11.3. The molecule has 3 heteroatoms. The molecule has 2 N–H and O–H groups in total. The van der Waals surface area contributed by atoms with Gasteiger partial charge in [0.05, 0.1) is 0 Å². The Morgan fingerprint density at radius 1 is 1.00 bits per heavy atom. The van der Waals surface area contributed by atoms with Crippen LogP contribution in [0.25, 0.3) is 11.1 Å². The molecule has 2 aromatic carbocycles. The van der Waals surface area contributed by atoms with Crippen LogP contribution < -0.4 is 5.73 Å². The van der Waals surface area contributed by atoms with Gasteiger partial charge in [-0.25, -0.2) is 0 Å². The van der Waals surface area contributed by atoms with Crippen molar-refractivity contribution in [3.63, 3.8) is 0 Å². The molecule has 1 unspecified atom stereocenters. The third-order valence-electron chi connectivity index (χ3n) is 5.72. The molecule has 3 rings (SSSR count). The Kier molecular flexibility index (Phi) is 4.70. The fourth-order valence-electron chi connectivity index (χ4n) is 4.01. The first-order valence-corrected chi connectivity index (χ1v) is 9.29. The molecule has 0 saturated carbocycles. The summed E-state index contributed by atoms with van der Waals surface area (Å²) in [6.45, 7) is 10.7. The van der Waals surface area contributed by atoms with Crippen LogP contribution in [0, 0.1) is 0 Å². The van der Waals surface area contributed by atoms with Crippen LogP contribution in [0.5, 0.6) is 0 Å². The highest BCUT2D eigenvalue weighted by atomic mass is 16.6. The van der Waals surface area contributed by atoms with E-state index in [4.69, 9.17) is 10.5 Å². The van der Waals surface area contributed by atoms with Crippen LogP contribution in [0.1, 0.15) is 70.4 Å². The smallest absolute Gasteiger partial charge is 0.304 e. The predicted octanol–water partition coefficient (Wildman–Crippen LogP) is 5.22. The van der Waals surface area contributed by atoms with Crippen molar-refractivity contribution in [2.24, 2.45) is 5.73 Å². The van der Waals surface area contributed by atoms with Crippen molar-refractivity contribution in [2.45, 2.75) is 64.5 Å². The second-order valence-corrected chi connectivity index (χ2v) is 8.65. The maximum Gasteiger partial charge on any atom is 0.304 e. The molecule has 0 spiro atoms. The van der Waals surface area contributed by atoms with E-state index in [1.807, 2.05) is 24.3 Å². The molecule has 0 amide bonds. The molecular weight excluding hydrogens is 322 g/mol. The maximum absolute atomic E-state index is 11.3. The van der Waals surface area contributed by atoms with E-state index in [0.29, 0.717) is 0 Å². The molecule has 0 aliphatic heterocycles. The topological polar surface area (TPSA) is 52.3 Å². The lowest BCUT2D eigenvalue weighted by atomic mass is 9.63. The van der Waals surface area contributed by atoms with Crippen molar-refractivity contribution in [1.29, 1.82) is 0 Å². The second-order valence-electron chi connectivity index (χ2n) is 8.65. The van der Waals surface area contributed by atoms with Gasteiger partial charge in [0.15, 0.2) is 6.23 Å². The highest BCUT2D eigenvalue weighted by Crippen LogP contribution is 2.47. The zero-order chi connectivity index (χ0) is 19.1. The molecule has 0 bridgehead atoms. The minimum atomic E-state index is -0.760. The van der Waals surface area contributed by atoms with Gasteiger partial charge in [0, 0.05) is 12.5 Å². The first kappa shape index (κ1) is 18.7. The average molecular weight is 351 g/mol. The number of nitrogens with two attached hydrogens (primary N) is 1. The highest BCUT2D eigenvalue weighted by molar-refractivity contribution is 5.71. The van der Waals surface area contributed by atoms with Crippen molar-refractivity contribution in [3.8, 4) is 11.1 Å². The number of carbonyl (C=O) groups excluding carboxylic acids is 1. The number of hydrogen-bond acceptors (Lipinski definition) is 3. The summed E-state index contributed by atoms with van der Waals surface area (Å²) in [7, 11) is 0. The molecule has 1 aliphatic rings. The summed E-state index contributed by atoms with van der Waals surface area (Å²) >= 11 is 0. The van der Waals surface area contributed by atoms with Crippen molar-refractivity contribution in [1.82, 2.24) is 0 Å². The Balaban J connectivity index is 2.11. The quantitative estimate of drug-likeness (QED) is 0.609. The lowest BCUT2D eigenvalue weighted by Gasteiger charge is -2.42. The molecule has 1 aliphatic carbocycles. The SMILES string of the molecule is CC(=O)OC(N)c1ccccc1-c1ccc2c(c1)C(C)(C)CCC2(C)C. The van der Waals surface area contributed by atoms with Gasteiger partial charge in [0.25, 0.3) is 0 Å². The van der Waals surface area contributed by atoms with Gasteiger partial charge in [-0.05, 0) is 45.9 Å². The zero-order valence-electron chi connectivity index (χ0n) is 16.4. The predicted molar refractivity (Wildman–Crippen MR) is 106 cm³/mol. The summed E-state index contributed by atoms with van der Waals surface area (Å²) in [5.74, 6) is -0.374. The van der Waals surface area contributed by atoms with Gasteiger partial charge < -0.3 is 4.74 Å². The van der Waals surface area contributed by atoms with E-state index in [1.54, 1.807) is 0 Å². The Labute approximate surface area is 156 Å². The molecule has 0 radical (unpaired) electrons. The molecular formula is C23H29NO2. The first-order chi connectivity index (χ1) is 12.1. The van der Waals surface area contributed by atoms with Crippen LogP contribution in [-0.4, -0.2) is 5.97 Å². The second kappa shape index (κ2) is 6.55. The third kappa shape index (κ3) is 3.41. The number of carbonyl (C=O) groups is 1. The molecule has 3 nitrogen and oxygen atoms in total. The Hall–Kier alpha value is -2.13. The lowest BCUT2D eigenvalue weighted by molar-refractivity contribution is -0.146. The van der Waals surface area contributed by atoms with Crippen LogP contribution in [0.3, 0.4) is 0 Å². The van der Waals surface area contributed by atoms with Crippen molar-refractivity contribution in [2.75, 3.05) is 0 Å². The van der Waals surface area contributed by atoms with E-state index >= 15 is 0 Å². The van der Waals surface area contributed by atoms with Gasteiger partial charge in [-0.15, -0.1) is 0 Å². The molecule has 2 aromatic rings. The van der Waals surface area contributed by atoms with Gasteiger partial charge in [-0.1, -0.05) is 70.2 Å². The number of esters is 1. The highest BCUT2D eigenvalue weighted by Gasteiger charge is 2.37. The summed E-state index contributed by atoms with van der Waals surface area (Å²) in [6.07, 6.45) is 1.61. The van der Waals surface area contributed by atoms with Crippen LogP contribution in [-0.2, 0) is 20.4 Å². The summed E-state index contributed by atoms with van der Waals surface area (Å²) in [6, 6.07) is 14.6. The van der Waals surface area contributed by atoms with Crippen molar-refractivity contribution < 1.29 is 9.53 Å². The van der Waals surface area contributed by atoms with E-state index in [9.17, 15) is 4.79 Å². The molecule has 26 heavy (non-hydrogen) atoms. The van der Waals surface area contributed by atoms with Gasteiger partial charge in [0.2, 0.25) is 0 Å². The van der Waals surface area contributed by atoms with Gasteiger partial charge in [0.1, 0.15) is 0 Å². The molecule has 1 atom stereocenters. The van der Waals surface area contributed by atoms with Crippen molar-refractivity contribution >= 4 is 5.97 Å². The number of hydrogen-bond donors (Lipinski definition) is 1. The van der Waals surface area contributed by atoms with Gasteiger partial charge in [-0.2, -0.15) is 0 Å². The maximum atomic E-state index is 11.3. The number of benzene rings is 2. The zero-order valence-corrected chi connectivity index (χ0v) is 16.4. The molecule has 0 fully saturated rings. The fourth-order valence-corrected chi connectivity index (χ4v) is 4.01. The van der Waals surface area contributed by atoms with E-state index in [2.05, 4.69) is 45.9 Å². The molecule has 0 aromatic heterocycles. The summed E-state index contributed by atoms with van der Waals surface area (Å²) in [5, 5.41) is 0. The minimum Gasteiger partial charge on any atom is -0.443 e. The van der Waals surface area contributed by atoms with Crippen LogP contribution in [0.2, 0.25) is 0 Å². The molecule has 138 valence electrons. The number of fused-ring (bicyclic) bond motifs is 1. The lowest BCUT2D eigenvalue weighted by Crippen LogP contribution is -2.33. The average Bonchev–Trinajstić information content (AvgIpc) is 2.58. The standard InChI is InChI=1S/C23H29NO2/c1-15(25)26-21(24)18-9-7-6-8-17(18)16-10-11-19-20(14-16)23(4,5)13-12-22(19,2)3/h6-11,14,21H,12-13,24H2,1-5H3. The number of ether oxygens (including phenoxy) is 1. The minimum absolute atomic E-state index is 0.147. The molecule has 0 saturated heterocycles. The Bertz CT molecular complexity index is 836. The van der Waals surface area contributed by atoms with E-state index in [1.165, 1.54) is 30.9 Å². The van der Waals surface area contributed by atoms with Gasteiger partial charge in [-0.3, -0.25) is 10.5 Å². The Morgan fingerprint density at radius 3 is 2.27 bits per heavy atom. The van der Waals surface area contributed by atoms with E-state index in [-0.39, 0.29) is 16.8 Å². The third-order valence-corrected chi connectivity index (χ3v) is 5.72. The van der Waals surface area contributed by atoms with Crippen LogP contribution in [0.4, 0.5) is 0 Å². The normalized spacial score (nSPS) is 18.7. The largest absolute Gasteiger partial charge is 0.443 e. The monoisotopic (exact) mass is 351 g/mol. The summed E-state index contributed by atoms with van der Waals surface area (Å²) in [5.41, 5.74) is 12.3. The Morgan fingerprint density at radius 2 is 1.62 bits per heavy atom. The van der Waals surface area contributed by atoms with E-state index in [0.717, 1.165) is 16.7 Å². The van der Waals surface area contributed by atoms with Gasteiger partial charge >= 0.3 is 5.97 Å². The fraction of sp³-hybridized carbons (Fsp3) is 0.435. The van der Waals surface area contributed by atoms with E-state index < -0.39 is 6.23 Å². The first-order valence-electron chi connectivity index (χ1n) is 9.29. The summed E-state index contributed by atoms with van der Waals surface area (Å²) < 4.78 is 5.22. The molecule has 0 heterocycles. The van der Waals surface area contributed by atoms with Crippen molar-refractivity contribution in [3.05, 3.63) is 59.2 Å². The van der Waals surface area contributed by atoms with Crippen LogP contribution >= 0.6 is 0 Å². The number of rotatable bonds is 3.